The van der Waals surface area contributed by atoms with Crippen molar-refractivity contribution >= 4 is 27.5 Å². The van der Waals surface area contributed by atoms with Crippen LogP contribution in [0.5, 0.6) is 5.75 Å². The summed E-state index contributed by atoms with van der Waals surface area (Å²) in [7, 11) is 0. The average Bonchev–Trinajstić information content (AvgIpc) is 2.43. The summed E-state index contributed by atoms with van der Waals surface area (Å²) in [5.74, 6) is 0.859. The molecule has 0 aliphatic rings. The molecule has 0 aromatic heterocycles. The normalized spacial score (nSPS) is 12.2. The van der Waals surface area contributed by atoms with Gasteiger partial charge in [-0.3, -0.25) is 0 Å². The number of aryl methyl sites for hydroxylation is 2. The van der Waals surface area contributed by atoms with Crippen LogP contribution in [0.25, 0.3) is 0 Å². The van der Waals surface area contributed by atoms with E-state index in [0.29, 0.717) is 6.61 Å². The van der Waals surface area contributed by atoms with Crippen LogP contribution in [0.3, 0.4) is 0 Å². The molecule has 0 N–H and O–H groups in total. The van der Waals surface area contributed by atoms with Gasteiger partial charge >= 0.3 is 0 Å². The van der Waals surface area contributed by atoms with Crippen molar-refractivity contribution in [2.45, 2.75) is 26.1 Å². The van der Waals surface area contributed by atoms with Crippen LogP contribution in [0, 0.1) is 13.8 Å². The van der Waals surface area contributed by atoms with E-state index in [1.54, 1.807) is 0 Å². The van der Waals surface area contributed by atoms with E-state index in [1.165, 1.54) is 11.1 Å². The first-order chi connectivity index (χ1) is 9.52. The first-order valence-corrected chi connectivity index (χ1v) is 7.89. The van der Waals surface area contributed by atoms with Crippen molar-refractivity contribution < 1.29 is 4.74 Å². The molecule has 0 spiro atoms. The Balaban J connectivity index is 2.49. The number of alkyl halides is 1. The Morgan fingerprint density at radius 2 is 1.85 bits per heavy atom. The minimum Gasteiger partial charge on any atom is -0.494 e. The van der Waals surface area contributed by atoms with Crippen LogP contribution in [-0.4, -0.2) is 6.61 Å². The molecule has 106 valence electrons. The standard InChI is InChI=1S/C17H18BrClO/c1-4-20-16-8-5-11(2)9-15(16)17(19)14-10-13(18)7-6-12(14)3/h5-10,17H,4H2,1-3H3. The highest BCUT2D eigenvalue weighted by atomic mass is 79.9. The van der Waals surface area contributed by atoms with Gasteiger partial charge in [-0.25, -0.2) is 0 Å². The monoisotopic (exact) mass is 352 g/mol. The molecule has 1 atom stereocenters. The molecule has 0 aliphatic carbocycles. The highest BCUT2D eigenvalue weighted by Gasteiger charge is 2.18. The number of halogens is 2. The van der Waals surface area contributed by atoms with Crippen LogP contribution in [0.4, 0.5) is 0 Å². The maximum atomic E-state index is 6.72. The smallest absolute Gasteiger partial charge is 0.124 e. The summed E-state index contributed by atoms with van der Waals surface area (Å²) in [6.45, 7) is 6.76. The predicted molar refractivity (Wildman–Crippen MR) is 88.9 cm³/mol. The van der Waals surface area contributed by atoms with Crippen molar-refractivity contribution in [2.24, 2.45) is 0 Å². The van der Waals surface area contributed by atoms with Crippen LogP contribution < -0.4 is 4.74 Å². The molecule has 0 radical (unpaired) electrons. The lowest BCUT2D eigenvalue weighted by Gasteiger charge is -2.18. The molecule has 0 amide bonds. The third-order valence-electron chi connectivity index (χ3n) is 3.25. The molecule has 0 bridgehead atoms. The summed E-state index contributed by atoms with van der Waals surface area (Å²) < 4.78 is 6.75. The predicted octanol–water partition coefficient (Wildman–Crippen LogP) is 5.79. The summed E-state index contributed by atoms with van der Waals surface area (Å²) in [6, 6.07) is 12.3. The third kappa shape index (κ3) is 3.36. The van der Waals surface area contributed by atoms with Gasteiger partial charge < -0.3 is 4.74 Å². The lowest BCUT2D eigenvalue weighted by atomic mass is 9.98. The quantitative estimate of drug-likeness (QED) is 0.632. The Labute approximate surface area is 134 Å². The fourth-order valence-corrected chi connectivity index (χ4v) is 2.99. The van der Waals surface area contributed by atoms with E-state index in [1.807, 2.05) is 25.1 Å². The molecule has 20 heavy (non-hydrogen) atoms. The number of ether oxygens (including phenoxy) is 1. The van der Waals surface area contributed by atoms with Crippen molar-refractivity contribution in [3.63, 3.8) is 0 Å². The molecule has 0 heterocycles. The summed E-state index contributed by atoms with van der Waals surface area (Å²) in [6.07, 6.45) is 0. The largest absolute Gasteiger partial charge is 0.494 e. The number of hydrogen-bond acceptors (Lipinski definition) is 1. The fraction of sp³-hybridized carbons (Fsp3) is 0.294. The fourth-order valence-electron chi connectivity index (χ4n) is 2.20. The molecule has 3 heteroatoms. The molecule has 1 nitrogen and oxygen atoms in total. The van der Waals surface area contributed by atoms with E-state index in [9.17, 15) is 0 Å². The van der Waals surface area contributed by atoms with Crippen LogP contribution in [0.1, 0.15) is 34.6 Å². The maximum absolute atomic E-state index is 6.72. The molecular weight excluding hydrogens is 336 g/mol. The second-order valence-corrected chi connectivity index (χ2v) is 6.19. The molecular formula is C17H18BrClO. The second-order valence-electron chi connectivity index (χ2n) is 4.84. The van der Waals surface area contributed by atoms with Crippen LogP contribution in [0.15, 0.2) is 40.9 Å². The Kier molecular flexibility index (Phi) is 5.11. The van der Waals surface area contributed by atoms with Gasteiger partial charge in [0.05, 0.1) is 12.0 Å². The molecule has 2 rings (SSSR count). The SMILES string of the molecule is CCOc1ccc(C)cc1C(Cl)c1cc(Br)ccc1C. The Morgan fingerprint density at radius 1 is 1.10 bits per heavy atom. The van der Waals surface area contributed by atoms with Crippen molar-refractivity contribution in [1.29, 1.82) is 0 Å². The van der Waals surface area contributed by atoms with E-state index >= 15 is 0 Å². The maximum Gasteiger partial charge on any atom is 0.124 e. The first kappa shape index (κ1) is 15.4. The Morgan fingerprint density at radius 3 is 2.55 bits per heavy atom. The van der Waals surface area contributed by atoms with Gasteiger partial charge in [0, 0.05) is 10.0 Å². The topological polar surface area (TPSA) is 9.23 Å². The zero-order valence-corrected chi connectivity index (χ0v) is 14.3. The average molecular weight is 354 g/mol. The van der Waals surface area contributed by atoms with Crippen molar-refractivity contribution in [3.8, 4) is 5.75 Å². The molecule has 0 saturated heterocycles. The Bertz CT molecular complexity index is 610. The van der Waals surface area contributed by atoms with Gasteiger partial charge in [-0.1, -0.05) is 39.7 Å². The van der Waals surface area contributed by atoms with Gasteiger partial charge in [0.15, 0.2) is 0 Å². The molecule has 1 unspecified atom stereocenters. The van der Waals surface area contributed by atoms with Gasteiger partial charge in [0.1, 0.15) is 5.75 Å². The van der Waals surface area contributed by atoms with Gasteiger partial charge in [-0.2, -0.15) is 0 Å². The molecule has 2 aromatic rings. The van der Waals surface area contributed by atoms with E-state index in [-0.39, 0.29) is 5.38 Å². The first-order valence-electron chi connectivity index (χ1n) is 6.66. The van der Waals surface area contributed by atoms with E-state index < -0.39 is 0 Å². The lowest BCUT2D eigenvalue weighted by Crippen LogP contribution is -2.02. The highest BCUT2D eigenvalue weighted by molar-refractivity contribution is 9.10. The molecule has 0 fully saturated rings. The van der Waals surface area contributed by atoms with Crippen LogP contribution in [-0.2, 0) is 0 Å². The zero-order valence-electron chi connectivity index (χ0n) is 11.9. The summed E-state index contributed by atoms with van der Waals surface area (Å²) in [4.78, 5) is 0. The van der Waals surface area contributed by atoms with Gasteiger partial charge in [-0.05, 0) is 50.1 Å². The van der Waals surface area contributed by atoms with E-state index in [0.717, 1.165) is 21.3 Å². The number of benzene rings is 2. The second kappa shape index (κ2) is 6.64. The van der Waals surface area contributed by atoms with Gasteiger partial charge in [0.2, 0.25) is 0 Å². The van der Waals surface area contributed by atoms with Gasteiger partial charge in [0.25, 0.3) is 0 Å². The number of rotatable bonds is 4. The summed E-state index contributed by atoms with van der Waals surface area (Å²) in [5, 5.41) is -0.214. The molecule has 0 aliphatic heterocycles. The highest BCUT2D eigenvalue weighted by Crippen LogP contribution is 2.38. The Hall–Kier alpha value is -0.990. The van der Waals surface area contributed by atoms with Crippen molar-refractivity contribution in [1.82, 2.24) is 0 Å². The minimum absolute atomic E-state index is 0.214. The zero-order chi connectivity index (χ0) is 14.7. The lowest BCUT2D eigenvalue weighted by molar-refractivity contribution is 0.337. The van der Waals surface area contributed by atoms with Crippen molar-refractivity contribution in [2.75, 3.05) is 6.61 Å². The summed E-state index contributed by atoms with van der Waals surface area (Å²) >= 11 is 10.2. The molecule has 0 saturated carbocycles. The minimum atomic E-state index is -0.214. The summed E-state index contributed by atoms with van der Waals surface area (Å²) in [5.41, 5.74) is 4.49. The van der Waals surface area contributed by atoms with E-state index in [4.69, 9.17) is 16.3 Å². The van der Waals surface area contributed by atoms with Crippen molar-refractivity contribution in [3.05, 3.63) is 63.1 Å². The van der Waals surface area contributed by atoms with E-state index in [2.05, 4.69) is 48.0 Å². The van der Waals surface area contributed by atoms with Gasteiger partial charge in [-0.15, -0.1) is 11.6 Å². The van der Waals surface area contributed by atoms with Crippen LogP contribution in [0.2, 0.25) is 0 Å². The third-order valence-corrected chi connectivity index (χ3v) is 4.22. The van der Waals surface area contributed by atoms with Crippen LogP contribution >= 0.6 is 27.5 Å². The number of hydrogen-bond donors (Lipinski definition) is 0. The molecule has 2 aromatic carbocycles.